The molecule has 1 heterocycles. The highest BCUT2D eigenvalue weighted by molar-refractivity contribution is 8.13. The van der Waals surface area contributed by atoms with Crippen LogP contribution in [-0.4, -0.2) is 38.8 Å². The van der Waals surface area contributed by atoms with Crippen molar-refractivity contribution in [3.63, 3.8) is 0 Å². The topological polar surface area (TPSA) is 74.6 Å². The van der Waals surface area contributed by atoms with Crippen molar-refractivity contribution in [1.29, 1.82) is 0 Å². The van der Waals surface area contributed by atoms with Gasteiger partial charge in [-0.3, -0.25) is 0 Å². The summed E-state index contributed by atoms with van der Waals surface area (Å²) in [6.07, 6.45) is 1.31. The Morgan fingerprint density at radius 2 is 2.05 bits per heavy atom. The van der Waals surface area contributed by atoms with Crippen LogP contribution in [0.15, 0.2) is 17.2 Å². The number of nitrogens with zero attached hydrogens (tertiary/aromatic N) is 1. The second-order valence-electron chi connectivity index (χ2n) is 4.89. The summed E-state index contributed by atoms with van der Waals surface area (Å²) in [5.41, 5.74) is 0.153. The lowest BCUT2D eigenvalue weighted by Crippen LogP contribution is -2.15. The Kier molecular flexibility index (Phi) is 6.70. The molecule has 1 aromatic heterocycles. The molecule has 6 nitrogen and oxygen atoms in total. The molecule has 0 unspecified atom stereocenters. The van der Waals surface area contributed by atoms with E-state index in [1.54, 1.807) is 6.92 Å². The Bertz CT molecular complexity index is 579. The van der Waals surface area contributed by atoms with E-state index < -0.39 is 15.0 Å². The van der Waals surface area contributed by atoms with E-state index in [0.717, 1.165) is 0 Å². The van der Waals surface area contributed by atoms with Crippen molar-refractivity contribution in [3.8, 4) is 0 Å². The first-order valence-electron chi connectivity index (χ1n) is 6.65. The zero-order valence-electron chi connectivity index (χ0n) is 12.3. The summed E-state index contributed by atoms with van der Waals surface area (Å²) < 4.78 is 34.4. The van der Waals surface area contributed by atoms with Crippen molar-refractivity contribution in [2.75, 3.05) is 19.8 Å². The Morgan fingerprint density at radius 1 is 1.38 bits per heavy atom. The summed E-state index contributed by atoms with van der Waals surface area (Å²) in [5.74, 6) is -0.189. The standard InChI is InChI=1S/C13H20ClNO5S/c1-4-15-8-11(21(14,17)18)7-12(15)13(16)20-6-5-19-9-10(2)3/h7-8,10H,4-6,9H2,1-3H3. The Hall–Kier alpha value is -1.05. The van der Waals surface area contributed by atoms with E-state index in [4.69, 9.17) is 20.2 Å². The van der Waals surface area contributed by atoms with Gasteiger partial charge < -0.3 is 14.0 Å². The average molecular weight is 338 g/mol. The fraction of sp³-hybridized carbons (Fsp3) is 0.615. The van der Waals surface area contributed by atoms with E-state index >= 15 is 0 Å². The molecule has 0 aliphatic rings. The number of esters is 1. The molecule has 0 saturated heterocycles. The molecule has 0 saturated carbocycles. The van der Waals surface area contributed by atoms with Gasteiger partial charge in [-0.1, -0.05) is 13.8 Å². The van der Waals surface area contributed by atoms with Crippen molar-refractivity contribution in [1.82, 2.24) is 4.57 Å². The molecule has 120 valence electrons. The lowest BCUT2D eigenvalue weighted by atomic mass is 10.2. The predicted molar refractivity (Wildman–Crippen MR) is 79.1 cm³/mol. The van der Waals surface area contributed by atoms with Crippen LogP contribution in [-0.2, 0) is 25.1 Å². The first-order valence-corrected chi connectivity index (χ1v) is 8.96. The fourth-order valence-corrected chi connectivity index (χ4v) is 2.39. The summed E-state index contributed by atoms with van der Waals surface area (Å²) in [7, 11) is 1.40. The third kappa shape index (κ3) is 5.68. The number of carbonyl (C=O) groups excluding carboxylic acids is 1. The van der Waals surface area contributed by atoms with Gasteiger partial charge in [-0.05, 0) is 18.9 Å². The Balaban J connectivity index is 2.63. The third-order valence-electron chi connectivity index (χ3n) is 2.61. The van der Waals surface area contributed by atoms with Gasteiger partial charge in [-0.15, -0.1) is 0 Å². The predicted octanol–water partition coefficient (Wildman–Crippen LogP) is 2.26. The largest absolute Gasteiger partial charge is 0.459 e. The van der Waals surface area contributed by atoms with Gasteiger partial charge in [0, 0.05) is 30.0 Å². The van der Waals surface area contributed by atoms with Gasteiger partial charge in [-0.25, -0.2) is 13.2 Å². The first-order chi connectivity index (χ1) is 9.75. The van der Waals surface area contributed by atoms with Gasteiger partial charge in [0.1, 0.15) is 17.2 Å². The van der Waals surface area contributed by atoms with Crippen molar-refractivity contribution >= 4 is 25.7 Å². The van der Waals surface area contributed by atoms with Gasteiger partial charge in [0.15, 0.2) is 0 Å². The maximum absolute atomic E-state index is 11.9. The molecule has 0 fully saturated rings. The molecule has 0 aliphatic carbocycles. The molecular weight excluding hydrogens is 318 g/mol. The highest BCUT2D eigenvalue weighted by atomic mass is 35.7. The monoisotopic (exact) mass is 337 g/mol. The van der Waals surface area contributed by atoms with Crippen LogP contribution in [0.5, 0.6) is 0 Å². The van der Waals surface area contributed by atoms with Gasteiger partial charge in [0.05, 0.1) is 6.61 Å². The van der Waals surface area contributed by atoms with Crippen LogP contribution in [0.2, 0.25) is 0 Å². The molecule has 0 radical (unpaired) electrons. The maximum atomic E-state index is 11.9. The summed E-state index contributed by atoms with van der Waals surface area (Å²) in [6, 6.07) is 1.21. The van der Waals surface area contributed by atoms with E-state index in [0.29, 0.717) is 25.7 Å². The minimum absolute atomic E-state index is 0.114. The van der Waals surface area contributed by atoms with Crippen molar-refractivity contribution in [2.45, 2.75) is 32.2 Å². The molecule has 0 spiro atoms. The molecule has 8 heteroatoms. The molecule has 0 N–H and O–H groups in total. The summed E-state index contributed by atoms with van der Waals surface area (Å²) in [5, 5.41) is 0. The molecule has 0 amide bonds. The number of carbonyl (C=O) groups is 1. The first kappa shape index (κ1) is 18.0. The number of rotatable bonds is 8. The second kappa shape index (κ2) is 7.82. The lowest BCUT2D eigenvalue weighted by Gasteiger charge is -2.08. The van der Waals surface area contributed by atoms with Crippen LogP contribution in [0.3, 0.4) is 0 Å². The fourth-order valence-electron chi connectivity index (χ4n) is 1.64. The number of aryl methyl sites for hydroxylation is 1. The number of hydrogen-bond acceptors (Lipinski definition) is 5. The number of ether oxygens (including phenoxy) is 2. The van der Waals surface area contributed by atoms with E-state index in [1.807, 2.05) is 13.8 Å². The Morgan fingerprint density at radius 3 is 2.57 bits per heavy atom. The van der Waals surface area contributed by atoms with Crippen LogP contribution in [0.1, 0.15) is 31.3 Å². The molecule has 1 aromatic rings. The molecule has 0 aromatic carbocycles. The van der Waals surface area contributed by atoms with Gasteiger partial charge in [-0.2, -0.15) is 0 Å². The van der Waals surface area contributed by atoms with Gasteiger partial charge >= 0.3 is 5.97 Å². The van der Waals surface area contributed by atoms with E-state index in [2.05, 4.69) is 0 Å². The molecular formula is C13H20ClNO5S. The van der Waals surface area contributed by atoms with Gasteiger partial charge in [0.2, 0.25) is 0 Å². The van der Waals surface area contributed by atoms with E-state index in [9.17, 15) is 13.2 Å². The van der Waals surface area contributed by atoms with Crippen LogP contribution >= 0.6 is 10.7 Å². The average Bonchev–Trinajstić information content (AvgIpc) is 2.81. The third-order valence-corrected chi connectivity index (χ3v) is 3.94. The van der Waals surface area contributed by atoms with E-state index in [1.165, 1.54) is 16.8 Å². The van der Waals surface area contributed by atoms with Crippen molar-refractivity contribution in [2.24, 2.45) is 5.92 Å². The number of aromatic nitrogens is 1. The number of hydrogen-bond donors (Lipinski definition) is 0. The Labute approximate surface area is 129 Å². The molecule has 0 bridgehead atoms. The van der Waals surface area contributed by atoms with Crippen molar-refractivity contribution < 1.29 is 22.7 Å². The zero-order chi connectivity index (χ0) is 16.0. The van der Waals surface area contributed by atoms with Crippen LogP contribution in [0.25, 0.3) is 0 Å². The summed E-state index contributed by atoms with van der Waals surface area (Å²) >= 11 is 0. The quantitative estimate of drug-likeness (QED) is 0.413. The maximum Gasteiger partial charge on any atom is 0.355 e. The van der Waals surface area contributed by atoms with Crippen molar-refractivity contribution in [3.05, 3.63) is 18.0 Å². The highest BCUT2D eigenvalue weighted by Crippen LogP contribution is 2.19. The van der Waals surface area contributed by atoms with Gasteiger partial charge in [0.25, 0.3) is 9.05 Å². The zero-order valence-corrected chi connectivity index (χ0v) is 13.9. The normalized spacial score (nSPS) is 11.9. The van der Waals surface area contributed by atoms with Crippen LogP contribution < -0.4 is 0 Å². The molecule has 0 atom stereocenters. The SMILES string of the molecule is CCn1cc(S(=O)(=O)Cl)cc1C(=O)OCCOCC(C)C. The van der Waals surface area contributed by atoms with E-state index in [-0.39, 0.29) is 17.2 Å². The molecule has 21 heavy (non-hydrogen) atoms. The molecule has 0 aliphatic heterocycles. The minimum atomic E-state index is -3.87. The minimum Gasteiger partial charge on any atom is -0.459 e. The van der Waals surface area contributed by atoms with Crippen LogP contribution in [0, 0.1) is 5.92 Å². The number of halogens is 1. The highest BCUT2D eigenvalue weighted by Gasteiger charge is 2.20. The lowest BCUT2D eigenvalue weighted by molar-refractivity contribution is 0.0268. The smallest absolute Gasteiger partial charge is 0.355 e. The summed E-state index contributed by atoms with van der Waals surface area (Å²) in [4.78, 5) is 11.8. The molecule has 1 rings (SSSR count). The second-order valence-corrected chi connectivity index (χ2v) is 7.46. The summed E-state index contributed by atoms with van der Waals surface area (Å²) in [6.45, 7) is 7.27. The van der Waals surface area contributed by atoms with Crippen LogP contribution in [0.4, 0.5) is 0 Å².